The monoisotopic (exact) mass is 418 g/mol. The zero-order valence-electron chi connectivity index (χ0n) is 18.9. The molecule has 0 fully saturated rings. The van der Waals surface area contributed by atoms with Gasteiger partial charge in [-0.25, -0.2) is 9.97 Å². The van der Waals surface area contributed by atoms with E-state index >= 15 is 0 Å². The summed E-state index contributed by atoms with van der Waals surface area (Å²) in [5.74, 6) is 5.96. The molecule has 0 radical (unpaired) electrons. The Labute approximate surface area is 183 Å². The van der Waals surface area contributed by atoms with Gasteiger partial charge in [-0.1, -0.05) is 40.5 Å². The second-order valence-electron chi connectivity index (χ2n) is 8.64. The van der Waals surface area contributed by atoms with Crippen LogP contribution in [0.2, 0.25) is 0 Å². The van der Waals surface area contributed by atoms with Gasteiger partial charge in [0.05, 0.1) is 29.5 Å². The van der Waals surface area contributed by atoms with Gasteiger partial charge in [-0.05, 0) is 49.0 Å². The van der Waals surface area contributed by atoms with E-state index in [4.69, 9.17) is 4.98 Å². The van der Waals surface area contributed by atoms with E-state index in [2.05, 4.69) is 66.6 Å². The van der Waals surface area contributed by atoms with E-state index in [-0.39, 0.29) is 11.3 Å². The van der Waals surface area contributed by atoms with Crippen molar-refractivity contribution in [2.45, 2.75) is 41.0 Å². The van der Waals surface area contributed by atoms with E-state index in [1.807, 2.05) is 22.8 Å². The van der Waals surface area contributed by atoms with E-state index in [1.165, 1.54) is 0 Å². The van der Waals surface area contributed by atoms with Crippen LogP contribution in [0.25, 0.3) is 16.9 Å². The fourth-order valence-corrected chi connectivity index (χ4v) is 3.25. The molecule has 0 saturated heterocycles. The van der Waals surface area contributed by atoms with E-state index in [1.54, 1.807) is 18.7 Å². The van der Waals surface area contributed by atoms with E-state index in [0.717, 1.165) is 36.2 Å². The van der Waals surface area contributed by atoms with E-state index in [0.29, 0.717) is 18.1 Å². The number of carbonyl (C=O) groups excluding carboxylic acids is 1. The number of carbonyl (C=O) groups is 1. The Bertz CT molecular complexity index is 1110. The summed E-state index contributed by atoms with van der Waals surface area (Å²) in [4.78, 5) is 28.0. The van der Waals surface area contributed by atoms with Crippen molar-refractivity contribution in [3.63, 3.8) is 0 Å². The predicted octanol–water partition coefficient (Wildman–Crippen LogP) is 3.69. The van der Waals surface area contributed by atoms with Crippen LogP contribution in [0.5, 0.6) is 0 Å². The number of aromatic nitrogens is 4. The molecular weight excluding hydrogens is 388 g/mol. The smallest absolute Gasteiger partial charge is 0.300 e. The number of imidazole rings is 1. The minimum absolute atomic E-state index is 0.119. The number of rotatable bonds is 6. The highest BCUT2D eigenvalue weighted by atomic mass is 16.1. The van der Waals surface area contributed by atoms with Crippen molar-refractivity contribution in [1.82, 2.24) is 24.4 Å². The Hall–Kier alpha value is -3.24. The zero-order chi connectivity index (χ0) is 22.4. The first-order valence-electron chi connectivity index (χ1n) is 10.6. The molecule has 2 aromatic heterocycles. The highest BCUT2D eigenvalue weighted by Gasteiger charge is 2.14. The van der Waals surface area contributed by atoms with Crippen LogP contribution in [0.4, 0.5) is 5.69 Å². The van der Waals surface area contributed by atoms with Crippen molar-refractivity contribution in [3.05, 3.63) is 42.6 Å². The quantitative estimate of drug-likeness (QED) is 0.618. The summed E-state index contributed by atoms with van der Waals surface area (Å²) in [5, 5.41) is 2.85. The largest absolute Gasteiger partial charge is 0.315 e. The van der Waals surface area contributed by atoms with Crippen LogP contribution in [-0.2, 0) is 11.2 Å². The molecule has 1 N–H and O–H groups in total. The number of benzene rings is 1. The molecular formula is C24H30N6O. The van der Waals surface area contributed by atoms with Gasteiger partial charge in [0.25, 0.3) is 5.91 Å². The summed E-state index contributed by atoms with van der Waals surface area (Å²) < 4.78 is 1.89. The van der Waals surface area contributed by atoms with Gasteiger partial charge < -0.3 is 5.32 Å². The highest BCUT2D eigenvalue weighted by Crippen LogP contribution is 2.23. The first-order valence-corrected chi connectivity index (χ1v) is 10.6. The maximum Gasteiger partial charge on any atom is 0.300 e. The average molecular weight is 419 g/mol. The summed E-state index contributed by atoms with van der Waals surface area (Å²) in [6.45, 7) is 13.1. The van der Waals surface area contributed by atoms with Crippen molar-refractivity contribution >= 4 is 22.6 Å². The fraction of sp³-hybridized carbons (Fsp3) is 0.417. The molecule has 3 aromatic rings. The molecule has 1 aromatic carbocycles. The number of anilines is 1. The fourth-order valence-electron chi connectivity index (χ4n) is 3.25. The predicted molar refractivity (Wildman–Crippen MR) is 124 cm³/mol. The van der Waals surface area contributed by atoms with Gasteiger partial charge in [-0.2, -0.15) is 0 Å². The molecule has 0 aliphatic carbocycles. The van der Waals surface area contributed by atoms with Crippen LogP contribution in [-0.4, -0.2) is 50.0 Å². The summed E-state index contributed by atoms with van der Waals surface area (Å²) >= 11 is 0. The zero-order valence-corrected chi connectivity index (χ0v) is 18.9. The molecule has 0 bridgehead atoms. The lowest BCUT2D eigenvalue weighted by molar-refractivity contribution is -0.111. The van der Waals surface area contributed by atoms with Gasteiger partial charge in [-0.15, -0.1) is 0 Å². The number of fused-ring (bicyclic) bond motifs is 1. The van der Waals surface area contributed by atoms with Gasteiger partial charge in [0, 0.05) is 11.9 Å². The van der Waals surface area contributed by atoms with Gasteiger partial charge in [-0.3, -0.25) is 19.2 Å². The maximum atomic E-state index is 12.2. The van der Waals surface area contributed by atoms with E-state index in [9.17, 15) is 4.79 Å². The lowest BCUT2D eigenvalue weighted by atomic mass is 9.91. The van der Waals surface area contributed by atoms with Gasteiger partial charge in [0.2, 0.25) is 0 Å². The molecule has 0 saturated carbocycles. The summed E-state index contributed by atoms with van der Waals surface area (Å²) in [6.07, 6.45) is 6.08. The van der Waals surface area contributed by atoms with Gasteiger partial charge in [0.15, 0.2) is 5.82 Å². The molecule has 0 spiro atoms. The number of amides is 1. The Morgan fingerprint density at radius 1 is 1.19 bits per heavy atom. The Morgan fingerprint density at radius 3 is 2.68 bits per heavy atom. The van der Waals surface area contributed by atoms with E-state index < -0.39 is 0 Å². The molecule has 2 heterocycles. The molecule has 31 heavy (non-hydrogen) atoms. The Kier molecular flexibility index (Phi) is 7.03. The normalized spacial score (nSPS) is 11.4. The third-order valence-electron chi connectivity index (χ3n) is 4.83. The Balaban J connectivity index is 1.81. The van der Waals surface area contributed by atoms with Gasteiger partial charge in [0.1, 0.15) is 6.33 Å². The first kappa shape index (κ1) is 22.4. The standard InChI is InChI=1S/C24H30N6O/c1-6-29(7-2)12-8-9-23(31)28-18-10-11-20-21(13-18)30(17-26-20)22-16-25-15-19(27-22)14-24(3,4)5/h10-11,13,15-17H,6-7,12,14H2,1-5H3,(H,28,31). The van der Waals surface area contributed by atoms with Crippen molar-refractivity contribution in [2.75, 3.05) is 25.0 Å². The van der Waals surface area contributed by atoms with Gasteiger partial charge >= 0.3 is 0 Å². The van der Waals surface area contributed by atoms with Crippen molar-refractivity contribution in [3.8, 4) is 17.7 Å². The molecule has 0 unspecified atom stereocenters. The third-order valence-corrected chi connectivity index (χ3v) is 4.83. The van der Waals surface area contributed by atoms with Crippen LogP contribution in [0.3, 0.4) is 0 Å². The minimum atomic E-state index is -0.329. The highest BCUT2D eigenvalue weighted by molar-refractivity contribution is 6.04. The summed E-state index contributed by atoms with van der Waals surface area (Å²) in [7, 11) is 0. The number of hydrogen-bond donors (Lipinski definition) is 1. The van der Waals surface area contributed by atoms with Crippen LogP contribution < -0.4 is 5.32 Å². The minimum Gasteiger partial charge on any atom is -0.315 e. The molecule has 0 aliphatic heterocycles. The molecule has 0 aliphatic rings. The van der Waals surface area contributed by atoms with Crippen molar-refractivity contribution < 1.29 is 4.79 Å². The van der Waals surface area contributed by atoms with Crippen LogP contribution in [0, 0.1) is 17.3 Å². The van der Waals surface area contributed by atoms with Crippen LogP contribution in [0.1, 0.15) is 40.3 Å². The van der Waals surface area contributed by atoms with Crippen molar-refractivity contribution in [1.29, 1.82) is 0 Å². The second-order valence-corrected chi connectivity index (χ2v) is 8.64. The SMILES string of the molecule is CCN(CC)CC#CC(=O)Nc1ccc2ncn(-c3cncc(CC(C)(C)C)n3)c2c1. The number of hydrogen-bond acceptors (Lipinski definition) is 5. The average Bonchev–Trinajstić information content (AvgIpc) is 3.13. The molecule has 7 heteroatoms. The number of nitrogens with one attached hydrogen (secondary N) is 1. The molecule has 3 rings (SSSR count). The molecule has 0 atom stereocenters. The third kappa shape index (κ3) is 6.12. The Morgan fingerprint density at radius 2 is 1.97 bits per heavy atom. The first-order chi connectivity index (χ1) is 14.8. The number of nitrogens with zero attached hydrogens (tertiary/aromatic N) is 5. The summed E-state index contributed by atoms with van der Waals surface area (Å²) in [5.41, 5.74) is 3.37. The lowest BCUT2D eigenvalue weighted by Gasteiger charge is -2.17. The summed E-state index contributed by atoms with van der Waals surface area (Å²) in [6, 6.07) is 5.58. The van der Waals surface area contributed by atoms with Crippen molar-refractivity contribution in [2.24, 2.45) is 5.41 Å². The molecule has 162 valence electrons. The lowest BCUT2D eigenvalue weighted by Crippen LogP contribution is -2.23. The topological polar surface area (TPSA) is 75.9 Å². The van der Waals surface area contributed by atoms with Crippen LogP contribution in [0.15, 0.2) is 36.9 Å². The molecule has 1 amide bonds. The maximum absolute atomic E-state index is 12.2. The second kappa shape index (κ2) is 9.71. The van der Waals surface area contributed by atoms with Crippen LogP contribution >= 0.6 is 0 Å². The molecule has 7 nitrogen and oxygen atoms in total.